The normalized spacial score (nSPS) is 6.39. The monoisotopic (exact) mass is 362 g/mol. The van der Waals surface area contributed by atoms with Crippen molar-refractivity contribution in [3.63, 3.8) is 0 Å². The van der Waals surface area contributed by atoms with Crippen LogP contribution in [-0.2, 0) is 14.4 Å². The Morgan fingerprint density at radius 1 is 0.889 bits per heavy atom. The fourth-order valence-corrected chi connectivity index (χ4v) is 0. The summed E-state index contributed by atoms with van der Waals surface area (Å²) in [4.78, 5) is 27.4. The Bertz CT molecular complexity index is 230. The van der Waals surface area contributed by atoms with Gasteiger partial charge in [0.1, 0.15) is 0 Å². The third-order valence-electron chi connectivity index (χ3n) is 0.500. The van der Waals surface area contributed by atoms with Crippen LogP contribution in [-0.4, -0.2) is 40.4 Å². The van der Waals surface area contributed by atoms with Gasteiger partial charge in [-0.05, 0) is 18.2 Å². The fourth-order valence-electron chi connectivity index (χ4n) is 0. The first-order chi connectivity index (χ1) is 8.22. The minimum atomic E-state index is -1.23. The van der Waals surface area contributed by atoms with Crippen LogP contribution in [0.1, 0.15) is 6.92 Å². The first kappa shape index (κ1) is 25.3. The van der Waals surface area contributed by atoms with Gasteiger partial charge in [-0.1, -0.05) is 19.7 Å². The average molecular weight is 361 g/mol. The van der Waals surface area contributed by atoms with Crippen molar-refractivity contribution in [3.8, 4) is 0 Å². The van der Waals surface area contributed by atoms with Gasteiger partial charge in [0.25, 0.3) is 0 Å². The first-order valence-corrected chi connectivity index (χ1v) is 6.39. The molecule has 0 aromatic heterocycles. The fraction of sp³-hybridized carbons (Fsp3) is 0.182. The van der Waals surface area contributed by atoms with E-state index in [0.717, 1.165) is 18.2 Å². The molecule has 98 valence electrons. The first-order valence-electron chi connectivity index (χ1n) is 4.38. The van der Waals surface area contributed by atoms with Crippen molar-refractivity contribution >= 4 is 40.4 Å². The molecule has 0 radical (unpaired) electrons. The Morgan fingerprint density at radius 3 is 0.944 bits per heavy atom. The van der Waals surface area contributed by atoms with Crippen LogP contribution in [0, 0.1) is 0 Å². The second-order valence-corrected chi connectivity index (χ2v) is 3.94. The Kier molecular flexibility index (Phi) is 34.6. The van der Waals surface area contributed by atoms with E-state index >= 15 is 0 Å². The van der Waals surface area contributed by atoms with Crippen molar-refractivity contribution in [1.29, 1.82) is 0 Å². The molecule has 0 saturated heterocycles. The molecule has 7 heteroatoms. The molecule has 0 bridgehead atoms. The molecule has 0 aliphatic carbocycles. The average Bonchev–Trinajstić information content (AvgIpc) is 2.31. The van der Waals surface area contributed by atoms with E-state index < -0.39 is 17.9 Å². The van der Waals surface area contributed by atoms with Gasteiger partial charge in [0, 0.05) is 0 Å². The van der Waals surface area contributed by atoms with Crippen LogP contribution >= 0.6 is 0 Å². The van der Waals surface area contributed by atoms with E-state index in [1.54, 1.807) is 22.5 Å². The Morgan fingerprint density at radius 2 is 0.944 bits per heavy atom. The Balaban J connectivity index is -0.0000000739. The molecule has 0 aliphatic rings. The number of hydrogen-bond acceptors (Lipinski definition) is 6. The summed E-state index contributed by atoms with van der Waals surface area (Å²) in [6.07, 6.45) is 2.17. The zero-order valence-corrected chi connectivity index (χ0v) is 12.9. The molecule has 0 atom stereocenters. The number of carboxylic acid groups (broad SMARTS) is 3. The predicted molar refractivity (Wildman–Crippen MR) is 61.8 cm³/mol. The van der Waals surface area contributed by atoms with Gasteiger partial charge in [0.05, 0.1) is 17.9 Å². The third-order valence-corrected chi connectivity index (χ3v) is 0.500. The van der Waals surface area contributed by atoms with Crippen molar-refractivity contribution in [2.45, 2.75) is 11.4 Å². The van der Waals surface area contributed by atoms with Gasteiger partial charge >= 0.3 is 33.9 Å². The molecule has 0 amide bonds. The number of hydrogen-bond donors (Lipinski definition) is 0. The van der Waals surface area contributed by atoms with E-state index in [0.29, 0.717) is 0 Å². The summed E-state index contributed by atoms with van der Waals surface area (Å²) in [5.74, 6) is -3.69. The minimum absolute atomic E-state index is 0.722. The van der Waals surface area contributed by atoms with Gasteiger partial charge < -0.3 is 29.7 Å². The van der Waals surface area contributed by atoms with Gasteiger partial charge in [0.15, 0.2) is 0 Å². The van der Waals surface area contributed by atoms with Gasteiger partial charge in [-0.2, -0.15) is 0 Å². The molecule has 0 fully saturated rings. The standard InChI is InChI=1S/3C3H4O2.C2H5.Sn/c3*1-2-3(4)5;1-2;/h3*2H,1H2,(H,4,5);1H2,2H3;/q;;;;+3/p-3. The molecular formula is C11H14O6Sn. The summed E-state index contributed by atoms with van der Waals surface area (Å²) in [5.41, 5.74) is 0. The van der Waals surface area contributed by atoms with Gasteiger partial charge in [0.2, 0.25) is 0 Å². The molecule has 0 N–H and O–H groups in total. The van der Waals surface area contributed by atoms with Crippen LogP contribution in [0.3, 0.4) is 0 Å². The summed E-state index contributed by atoms with van der Waals surface area (Å²) in [6.45, 7) is 10.9. The predicted octanol–water partition coefficient (Wildman–Crippen LogP) is -2.64. The van der Waals surface area contributed by atoms with E-state index in [-0.39, 0.29) is 0 Å². The van der Waals surface area contributed by atoms with E-state index in [1.165, 1.54) is 4.44 Å². The summed E-state index contributed by atoms with van der Waals surface area (Å²) < 4.78 is 1.34. The Hall–Kier alpha value is -1.57. The number of aliphatic carboxylic acids is 3. The molecule has 0 aliphatic heterocycles. The molecular weight excluding hydrogens is 347 g/mol. The third kappa shape index (κ3) is 133. The number of carboxylic acids is 3. The molecule has 0 saturated carbocycles. The van der Waals surface area contributed by atoms with Crippen molar-refractivity contribution in [3.05, 3.63) is 38.0 Å². The number of carbonyl (C=O) groups is 3. The molecule has 0 aromatic carbocycles. The molecule has 18 heavy (non-hydrogen) atoms. The van der Waals surface area contributed by atoms with Crippen molar-refractivity contribution < 1.29 is 29.7 Å². The maximum atomic E-state index is 9.14. The quantitative estimate of drug-likeness (QED) is 0.400. The van der Waals surface area contributed by atoms with Crippen LogP contribution in [0.4, 0.5) is 0 Å². The summed E-state index contributed by atoms with van der Waals surface area (Å²) in [5, 5.41) is 27.4. The summed E-state index contributed by atoms with van der Waals surface area (Å²) in [6, 6.07) is 0. The summed E-state index contributed by atoms with van der Waals surface area (Å²) >= 11 is 1.64. The van der Waals surface area contributed by atoms with E-state index in [4.69, 9.17) is 29.7 Å². The second-order valence-electron chi connectivity index (χ2n) is 1.92. The zero-order valence-electron chi connectivity index (χ0n) is 10.0. The van der Waals surface area contributed by atoms with Crippen molar-refractivity contribution in [2.75, 3.05) is 0 Å². The van der Waals surface area contributed by atoms with Crippen LogP contribution < -0.4 is 15.3 Å². The maximum absolute atomic E-state index is 9.14. The topological polar surface area (TPSA) is 120 Å². The number of carbonyl (C=O) groups excluding carboxylic acids is 3. The molecule has 0 rings (SSSR count). The van der Waals surface area contributed by atoms with Crippen LogP contribution in [0.25, 0.3) is 0 Å². The van der Waals surface area contributed by atoms with Gasteiger partial charge in [-0.25, -0.2) is 0 Å². The van der Waals surface area contributed by atoms with Crippen molar-refractivity contribution in [1.82, 2.24) is 0 Å². The van der Waals surface area contributed by atoms with Gasteiger partial charge in [-0.15, -0.1) is 0 Å². The number of rotatable bonds is 3. The molecule has 0 unspecified atom stereocenters. The van der Waals surface area contributed by atoms with Crippen LogP contribution in [0.15, 0.2) is 38.0 Å². The zero-order chi connectivity index (χ0) is 15.6. The van der Waals surface area contributed by atoms with E-state index in [1.807, 2.05) is 0 Å². The van der Waals surface area contributed by atoms with E-state index in [9.17, 15) is 0 Å². The molecule has 0 heterocycles. The Labute approximate surface area is 119 Å². The van der Waals surface area contributed by atoms with E-state index in [2.05, 4.69) is 26.7 Å². The van der Waals surface area contributed by atoms with Gasteiger partial charge in [-0.3, -0.25) is 0 Å². The van der Waals surface area contributed by atoms with Crippen LogP contribution in [0.5, 0.6) is 0 Å². The molecule has 0 spiro atoms. The summed E-state index contributed by atoms with van der Waals surface area (Å²) in [7, 11) is 0. The van der Waals surface area contributed by atoms with Crippen LogP contribution in [0.2, 0.25) is 4.44 Å². The molecule has 0 aromatic rings. The second kappa shape index (κ2) is 24.6. The SMILES string of the molecule is C=CC(=O)[O-].C=CC(=O)[O-].C=CC(=O)[O-].C[CH2][Sn+3]. The molecule has 6 nitrogen and oxygen atoms in total. The van der Waals surface area contributed by atoms with Crippen molar-refractivity contribution in [2.24, 2.45) is 0 Å².